The van der Waals surface area contributed by atoms with Gasteiger partial charge in [-0.05, 0) is 38.1 Å². The van der Waals surface area contributed by atoms with E-state index in [0.717, 1.165) is 13.0 Å². The van der Waals surface area contributed by atoms with Gasteiger partial charge >= 0.3 is 0 Å². The number of nitrogens with one attached hydrogen (secondary N) is 1. The molecule has 1 atom stereocenters. The molecule has 1 unspecified atom stereocenters. The predicted octanol–water partition coefficient (Wildman–Crippen LogP) is 2.41. The highest BCUT2D eigenvalue weighted by atomic mass is 35.5. The third kappa shape index (κ3) is 3.15. The Morgan fingerprint density at radius 3 is 2.83 bits per heavy atom. The standard InChI is InChI=1S/C13H17NO3.ClH/c1-3-6-14-9(2)13(15)10-4-5-11-12(7-10)17-8-16-11;/h4-5,7,9,14H,3,6,8H2,1-2H3;1H. The molecular weight excluding hydrogens is 254 g/mol. The largest absolute Gasteiger partial charge is 0.454 e. The molecule has 0 saturated carbocycles. The van der Waals surface area contributed by atoms with Crippen LogP contribution in [0.4, 0.5) is 0 Å². The molecule has 2 rings (SSSR count). The Bertz CT molecular complexity index is 423. The van der Waals surface area contributed by atoms with Gasteiger partial charge in [-0.1, -0.05) is 6.92 Å². The molecule has 0 aromatic heterocycles. The van der Waals surface area contributed by atoms with Gasteiger partial charge in [0.2, 0.25) is 6.79 Å². The lowest BCUT2D eigenvalue weighted by molar-refractivity contribution is 0.0951. The van der Waals surface area contributed by atoms with E-state index in [0.29, 0.717) is 17.1 Å². The van der Waals surface area contributed by atoms with Crippen molar-refractivity contribution in [1.82, 2.24) is 5.32 Å². The zero-order chi connectivity index (χ0) is 12.3. The summed E-state index contributed by atoms with van der Waals surface area (Å²) in [6.07, 6.45) is 1.01. The first-order chi connectivity index (χ1) is 8.22. The van der Waals surface area contributed by atoms with Crippen LogP contribution < -0.4 is 14.8 Å². The monoisotopic (exact) mass is 271 g/mol. The summed E-state index contributed by atoms with van der Waals surface area (Å²) in [6.45, 7) is 5.03. The predicted molar refractivity (Wildman–Crippen MR) is 71.9 cm³/mol. The maximum Gasteiger partial charge on any atom is 0.231 e. The van der Waals surface area contributed by atoms with Gasteiger partial charge in [0, 0.05) is 5.56 Å². The van der Waals surface area contributed by atoms with E-state index in [9.17, 15) is 4.79 Å². The lowest BCUT2D eigenvalue weighted by atomic mass is 10.0. The van der Waals surface area contributed by atoms with Crippen LogP contribution in [0.25, 0.3) is 0 Å². The second kappa shape index (κ2) is 6.61. The summed E-state index contributed by atoms with van der Waals surface area (Å²) < 4.78 is 10.5. The van der Waals surface area contributed by atoms with Crippen molar-refractivity contribution in [2.45, 2.75) is 26.3 Å². The van der Waals surface area contributed by atoms with Crippen LogP contribution in [0.3, 0.4) is 0 Å². The van der Waals surface area contributed by atoms with Crippen molar-refractivity contribution in [2.24, 2.45) is 0 Å². The summed E-state index contributed by atoms with van der Waals surface area (Å²) >= 11 is 0. The Kier molecular flexibility index (Phi) is 5.44. The van der Waals surface area contributed by atoms with Gasteiger partial charge in [0.05, 0.1) is 6.04 Å². The molecule has 4 nitrogen and oxygen atoms in total. The van der Waals surface area contributed by atoms with E-state index < -0.39 is 0 Å². The second-order valence-corrected chi connectivity index (χ2v) is 4.11. The smallest absolute Gasteiger partial charge is 0.231 e. The fourth-order valence-electron chi connectivity index (χ4n) is 1.75. The molecule has 0 fully saturated rings. The van der Waals surface area contributed by atoms with E-state index in [1.54, 1.807) is 18.2 Å². The first-order valence-corrected chi connectivity index (χ1v) is 5.89. The molecule has 0 amide bonds. The lowest BCUT2D eigenvalue weighted by Crippen LogP contribution is -2.34. The van der Waals surface area contributed by atoms with Crippen molar-refractivity contribution in [3.63, 3.8) is 0 Å². The molecule has 0 aliphatic carbocycles. The van der Waals surface area contributed by atoms with Gasteiger partial charge in [-0.25, -0.2) is 0 Å². The average molecular weight is 272 g/mol. The molecule has 100 valence electrons. The zero-order valence-corrected chi connectivity index (χ0v) is 11.4. The quantitative estimate of drug-likeness (QED) is 0.836. The Labute approximate surface area is 113 Å². The Balaban J connectivity index is 0.00000162. The molecule has 0 radical (unpaired) electrons. The fraction of sp³-hybridized carbons (Fsp3) is 0.462. The van der Waals surface area contributed by atoms with E-state index in [1.165, 1.54) is 0 Å². The molecule has 1 heterocycles. The van der Waals surface area contributed by atoms with Crippen molar-refractivity contribution in [1.29, 1.82) is 0 Å². The van der Waals surface area contributed by atoms with Gasteiger partial charge in [0.1, 0.15) is 0 Å². The van der Waals surface area contributed by atoms with E-state index in [-0.39, 0.29) is 31.0 Å². The van der Waals surface area contributed by atoms with Crippen LogP contribution in [0, 0.1) is 0 Å². The molecule has 18 heavy (non-hydrogen) atoms. The summed E-state index contributed by atoms with van der Waals surface area (Å²) in [7, 11) is 0. The summed E-state index contributed by atoms with van der Waals surface area (Å²) in [6, 6.07) is 5.13. The van der Waals surface area contributed by atoms with Gasteiger partial charge in [-0.15, -0.1) is 12.4 Å². The SMILES string of the molecule is CCCNC(C)C(=O)c1ccc2c(c1)OCO2.Cl. The number of hydrogen-bond donors (Lipinski definition) is 1. The van der Waals surface area contributed by atoms with Gasteiger partial charge in [0.25, 0.3) is 0 Å². The number of hydrogen-bond acceptors (Lipinski definition) is 4. The third-order valence-electron chi connectivity index (χ3n) is 2.75. The van der Waals surface area contributed by atoms with Crippen molar-refractivity contribution in [2.75, 3.05) is 13.3 Å². The van der Waals surface area contributed by atoms with Crippen molar-refractivity contribution < 1.29 is 14.3 Å². The van der Waals surface area contributed by atoms with E-state index in [1.807, 2.05) is 6.92 Å². The van der Waals surface area contributed by atoms with Crippen LogP contribution >= 0.6 is 12.4 Å². The van der Waals surface area contributed by atoms with Crippen molar-refractivity contribution in [3.8, 4) is 11.5 Å². The number of carbonyl (C=O) groups excluding carboxylic acids is 1. The molecule has 0 saturated heterocycles. The van der Waals surface area contributed by atoms with Crippen LogP contribution in [0.15, 0.2) is 18.2 Å². The van der Waals surface area contributed by atoms with E-state index >= 15 is 0 Å². The number of ketones is 1. The first-order valence-electron chi connectivity index (χ1n) is 5.89. The molecule has 1 aliphatic heterocycles. The second-order valence-electron chi connectivity index (χ2n) is 4.11. The van der Waals surface area contributed by atoms with Crippen LogP contribution in [0.2, 0.25) is 0 Å². The maximum absolute atomic E-state index is 12.1. The fourth-order valence-corrected chi connectivity index (χ4v) is 1.75. The van der Waals surface area contributed by atoms with Crippen molar-refractivity contribution in [3.05, 3.63) is 23.8 Å². The minimum Gasteiger partial charge on any atom is -0.454 e. The zero-order valence-electron chi connectivity index (χ0n) is 10.6. The number of carbonyl (C=O) groups is 1. The third-order valence-corrected chi connectivity index (χ3v) is 2.75. The van der Waals surface area contributed by atoms with E-state index in [4.69, 9.17) is 9.47 Å². The topological polar surface area (TPSA) is 47.6 Å². The number of halogens is 1. The number of rotatable bonds is 5. The normalized spacial score (nSPS) is 13.9. The average Bonchev–Trinajstić information content (AvgIpc) is 2.81. The first kappa shape index (κ1) is 14.8. The minimum atomic E-state index is -0.171. The Hall–Kier alpha value is -1.26. The summed E-state index contributed by atoms with van der Waals surface area (Å²) in [4.78, 5) is 12.1. The molecule has 5 heteroatoms. The number of fused-ring (bicyclic) bond motifs is 1. The maximum atomic E-state index is 12.1. The van der Waals surface area contributed by atoms with Gasteiger partial charge < -0.3 is 14.8 Å². The highest BCUT2D eigenvalue weighted by Crippen LogP contribution is 2.32. The van der Waals surface area contributed by atoms with Gasteiger partial charge in [-0.3, -0.25) is 4.79 Å². The molecule has 1 aliphatic rings. The van der Waals surface area contributed by atoms with Crippen LogP contribution in [0.5, 0.6) is 11.5 Å². The highest BCUT2D eigenvalue weighted by molar-refractivity contribution is 6.00. The molecule has 1 N–H and O–H groups in total. The summed E-state index contributed by atoms with van der Waals surface area (Å²) in [5.41, 5.74) is 0.658. The Morgan fingerprint density at radius 2 is 2.11 bits per heavy atom. The number of ether oxygens (including phenoxy) is 2. The van der Waals surface area contributed by atoms with Gasteiger partial charge in [0.15, 0.2) is 17.3 Å². The number of benzene rings is 1. The molecule has 0 spiro atoms. The van der Waals surface area contributed by atoms with E-state index in [2.05, 4.69) is 12.2 Å². The lowest BCUT2D eigenvalue weighted by Gasteiger charge is -2.12. The summed E-state index contributed by atoms with van der Waals surface area (Å²) in [5, 5.41) is 3.18. The van der Waals surface area contributed by atoms with Crippen molar-refractivity contribution >= 4 is 18.2 Å². The summed E-state index contributed by atoms with van der Waals surface area (Å²) in [5.74, 6) is 1.44. The molecule has 1 aromatic rings. The minimum absolute atomic E-state index is 0. The van der Waals surface area contributed by atoms with Crippen LogP contribution in [-0.4, -0.2) is 25.2 Å². The highest BCUT2D eigenvalue weighted by Gasteiger charge is 2.19. The number of Topliss-reactive ketones (excluding diaryl/α,β-unsaturated/α-hetero) is 1. The molecule has 0 bridgehead atoms. The molecular formula is C13H18ClNO3. The van der Waals surface area contributed by atoms with Gasteiger partial charge in [-0.2, -0.15) is 0 Å². The molecule has 1 aromatic carbocycles. The Morgan fingerprint density at radius 1 is 1.39 bits per heavy atom. The van der Waals surface area contributed by atoms with Crippen LogP contribution in [0.1, 0.15) is 30.6 Å². The van der Waals surface area contributed by atoms with Crippen LogP contribution in [-0.2, 0) is 0 Å².